The van der Waals surface area contributed by atoms with Gasteiger partial charge in [-0.3, -0.25) is 10.1 Å². The SMILES string of the molecule is COC(NC(=O)c1ccccc1)(OCn1cnc2cc(-n3nc(C)cc3C)ccc21)C(F)(F)F. The number of rotatable bonds is 7. The number of nitrogens with one attached hydrogen (secondary N) is 1. The Morgan fingerprint density at radius 2 is 1.82 bits per heavy atom. The van der Waals surface area contributed by atoms with E-state index >= 15 is 0 Å². The molecule has 8 nitrogen and oxygen atoms in total. The van der Waals surface area contributed by atoms with Gasteiger partial charge in [0.15, 0.2) is 0 Å². The highest BCUT2D eigenvalue weighted by Crippen LogP contribution is 2.33. The molecule has 2 aromatic heterocycles. The van der Waals surface area contributed by atoms with E-state index in [1.165, 1.54) is 35.2 Å². The second kappa shape index (κ2) is 8.92. The third-order valence-corrected chi connectivity index (χ3v) is 5.24. The van der Waals surface area contributed by atoms with E-state index in [4.69, 9.17) is 4.74 Å². The van der Waals surface area contributed by atoms with Gasteiger partial charge in [0.05, 0.1) is 28.7 Å². The van der Waals surface area contributed by atoms with Crippen LogP contribution in [0.25, 0.3) is 16.7 Å². The first-order valence-corrected chi connectivity index (χ1v) is 10.3. The van der Waals surface area contributed by atoms with Crippen LogP contribution in [-0.4, -0.2) is 44.4 Å². The highest BCUT2D eigenvalue weighted by molar-refractivity contribution is 5.94. The molecule has 0 saturated carbocycles. The van der Waals surface area contributed by atoms with Gasteiger partial charge in [0.25, 0.3) is 5.91 Å². The van der Waals surface area contributed by atoms with Gasteiger partial charge in [-0.05, 0) is 50.2 Å². The molecule has 0 aliphatic carbocycles. The fourth-order valence-electron chi connectivity index (χ4n) is 3.56. The molecule has 0 saturated heterocycles. The lowest BCUT2D eigenvalue weighted by Gasteiger charge is -2.34. The molecule has 4 rings (SSSR count). The van der Waals surface area contributed by atoms with Crippen molar-refractivity contribution >= 4 is 16.9 Å². The van der Waals surface area contributed by atoms with Crippen molar-refractivity contribution in [2.75, 3.05) is 7.11 Å². The lowest BCUT2D eigenvalue weighted by molar-refractivity contribution is -0.390. The summed E-state index contributed by atoms with van der Waals surface area (Å²) in [4.78, 5) is 16.7. The first-order chi connectivity index (χ1) is 16.1. The zero-order valence-electron chi connectivity index (χ0n) is 18.6. The molecule has 0 fully saturated rings. The number of nitrogens with zero attached hydrogens (tertiary/aromatic N) is 4. The van der Waals surface area contributed by atoms with Crippen LogP contribution in [0.2, 0.25) is 0 Å². The summed E-state index contributed by atoms with van der Waals surface area (Å²) in [6, 6.07) is 14.7. The number of ether oxygens (including phenoxy) is 2. The standard InChI is InChI=1S/C23H22F3N5O3/c1-15-11-16(2)31(29-15)18-9-10-20-19(12-18)27-13-30(20)14-34-23(33-3,22(24,25)26)28-21(32)17-7-5-4-6-8-17/h4-13H,14H2,1-3H3,(H,28,32). The molecule has 2 heterocycles. The molecule has 4 aromatic rings. The van der Waals surface area contributed by atoms with E-state index < -0.39 is 24.7 Å². The number of methoxy groups -OCH3 is 1. The number of halogens is 3. The number of carbonyl (C=O) groups is 1. The Labute approximate surface area is 192 Å². The Kier molecular flexibility index (Phi) is 6.15. The number of amides is 1. The van der Waals surface area contributed by atoms with Crippen molar-refractivity contribution < 1.29 is 27.4 Å². The predicted molar refractivity (Wildman–Crippen MR) is 117 cm³/mol. The minimum atomic E-state index is -5.06. The summed E-state index contributed by atoms with van der Waals surface area (Å²) in [7, 11) is 0.811. The van der Waals surface area contributed by atoms with Gasteiger partial charge in [0.1, 0.15) is 6.73 Å². The van der Waals surface area contributed by atoms with Crippen molar-refractivity contribution in [3.8, 4) is 5.69 Å². The maximum atomic E-state index is 14.0. The van der Waals surface area contributed by atoms with Crippen LogP contribution < -0.4 is 5.32 Å². The lowest BCUT2D eigenvalue weighted by atomic mass is 10.2. The molecule has 0 aliphatic heterocycles. The van der Waals surface area contributed by atoms with Gasteiger partial charge in [0.2, 0.25) is 0 Å². The Balaban J connectivity index is 1.59. The van der Waals surface area contributed by atoms with E-state index in [-0.39, 0.29) is 5.56 Å². The minimum Gasteiger partial charge on any atom is -0.329 e. The fraction of sp³-hybridized carbons (Fsp3) is 0.261. The van der Waals surface area contributed by atoms with Crippen LogP contribution >= 0.6 is 0 Å². The molecule has 0 spiro atoms. The largest absolute Gasteiger partial charge is 0.465 e. The summed E-state index contributed by atoms with van der Waals surface area (Å²) in [6.45, 7) is 3.22. The number of aromatic nitrogens is 4. The molecular formula is C23H22F3N5O3. The number of hydrogen-bond acceptors (Lipinski definition) is 5. The highest BCUT2D eigenvalue weighted by atomic mass is 19.4. The topological polar surface area (TPSA) is 83.2 Å². The molecule has 1 unspecified atom stereocenters. The van der Waals surface area contributed by atoms with Crippen LogP contribution in [0.4, 0.5) is 13.2 Å². The first kappa shape index (κ1) is 23.5. The normalized spacial score (nSPS) is 13.7. The molecule has 0 radical (unpaired) electrons. The Bertz CT molecular complexity index is 1320. The van der Waals surface area contributed by atoms with Crippen molar-refractivity contribution in [1.29, 1.82) is 0 Å². The Morgan fingerprint density at radius 1 is 1.09 bits per heavy atom. The number of aryl methyl sites for hydroxylation is 2. The molecule has 0 aliphatic rings. The Hall–Kier alpha value is -3.70. The quantitative estimate of drug-likeness (QED) is 0.409. The van der Waals surface area contributed by atoms with Crippen molar-refractivity contribution in [2.45, 2.75) is 32.7 Å². The fourth-order valence-corrected chi connectivity index (χ4v) is 3.56. The summed E-state index contributed by atoms with van der Waals surface area (Å²) in [5, 5.41) is 6.26. The number of alkyl halides is 3. The predicted octanol–water partition coefficient (Wildman–Crippen LogP) is 4.11. The van der Waals surface area contributed by atoms with E-state index in [1.54, 1.807) is 28.9 Å². The smallest absolute Gasteiger partial charge is 0.329 e. The lowest BCUT2D eigenvalue weighted by Crippen LogP contribution is -2.62. The molecule has 1 N–H and O–H groups in total. The summed E-state index contributed by atoms with van der Waals surface area (Å²) >= 11 is 0. The molecule has 1 atom stereocenters. The van der Waals surface area contributed by atoms with Gasteiger partial charge in [0, 0.05) is 18.4 Å². The summed E-state index contributed by atoms with van der Waals surface area (Å²) < 4.78 is 54.9. The maximum Gasteiger partial charge on any atom is 0.465 e. The number of benzene rings is 2. The van der Waals surface area contributed by atoms with Crippen molar-refractivity contribution in [3.05, 3.63) is 77.9 Å². The van der Waals surface area contributed by atoms with E-state index in [2.05, 4.69) is 14.8 Å². The molecule has 0 bridgehead atoms. The monoisotopic (exact) mass is 473 g/mol. The molecule has 2 aromatic carbocycles. The number of carbonyl (C=O) groups excluding carboxylic acids is 1. The molecule has 11 heteroatoms. The summed E-state index contributed by atoms with van der Waals surface area (Å²) in [5.41, 5.74) is 3.66. The van der Waals surface area contributed by atoms with Gasteiger partial charge in [-0.25, -0.2) is 9.67 Å². The second-order valence-electron chi connectivity index (χ2n) is 7.64. The zero-order valence-corrected chi connectivity index (χ0v) is 18.6. The summed E-state index contributed by atoms with van der Waals surface area (Å²) in [5.74, 6) is -4.36. The first-order valence-electron chi connectivity index (χ1n) is 10.3. The third kappa shape index (κ3) is 4.39. The maximum absolute atomic E-state index is 14.0. The molecule has 178 valence electrons. The van der Waals surface area contributed by atoms with Crippen LogP contribution in [0.3, 0.4) is 0 Å². The molecular weight excluding hydrogens is 451 g/mol. The van der Waals surface area contributed by atoms with Crippen LogP contribution in [-0.2, 0) is 16.2 Å². The van der Waals surface area contributed by atoms with Gasteiger partial charge >= 0.3 is 12.1 Å². The average Bonchev–Trinajstić information content (AvgIpc) is 3.37. The number of fused-ring (bicyclic) bond motifs is 1. The van der Waals surface area contributed by atoms with Crippen LogP contribution in [0.5, 0.6) is 0 Å². The molecule has 1 amide bonds. The van der Waals surface area contributed by atoms with Gasteiger partial charge in [-0.2, -0.15) is 18.3 Å². The van der Waals surface area contributed by atoms with Crippen molar-refractivity contribution in [2.24, 2.45) is 0 Å². The van der Waals surface area contributed by atoms with Gasteiger partial charge < -0.3 is 14.0 Å². The van der Waals surface area contributed by atoms with E-state index in [0.717, 1.165) is 24.2 Å². The van der Waals surface area contributed by atoms with Gasteiger partial charge in [-0.1, -0.05) is 18.2 Å². The second-order valence-corrected chi connectivity index (χ2v) is 7.64. The third-order valence-electron chi connectivity index (χ3n) is 5.24. The number of hydrogen-bond donors (Lipinski definition) is 1. The zero-order chi connectivity index (χ0) is 24.5. The van der Waals surface area contributed by atoms with Crippen molar-refractivity contribution in [1.82, 2.24) is 24.6 Å². The van der Waals surface area contributed by atoms with Crippen molar-refractivity contribution in [3.63, 3.8) is 0 Å². The van der Waals surface area contributed by atoms with Crippen LogP contribution in [0.15, 0.2) is 60.9 Å². The Morgan fingerprint density at radius 3 is 2.44 bits per heavy atom. The van der Waals surface area contributed by atoms with Crippen LogP contribution in [0, 0.1) is 13.8 Å². The minimum absolute atomic E-state index is 0.0292. The highest BCUT2D eigenvalue weighted by Gasteiger charge is 2.59. The van der Waals surface area contributed by atoms with Crippen LogP contribution in [0.1, 0.15) is 21.7 Å². The number of imidazole rings is 1. The molecule has 34 heavy (non-hydrogen) atoms. The van der Waals surface area contributed by atoms with Gasteiger partial charge in [-0.15, -0.1) is 0 Å². The summed E-state index contributed by atoms with van der Waals surface area (Å²) in [6.07, 6.45) is -3.71. The van der Waals surface area contributed by atoms with E-state index in [0.29, 0.717) is 11.0 Å². The van der Waals surface area contributed by atoms with E-state index in [1.807, 2.05) is 25.2 Å². The van der Waals surface area contributed by atoms with E-state index in [9.17, 15) is 18.0 Å². The average molecular weight is 473 g/mol.